The van der Waals surface area contributed by atoms with Crippen LogP contribution >= 0.6 is 0 Å². The summed E-state index contributed by atoms with van der Waals surface area (Å²) >= 11 is 0. The Morgan fingerprint density at radius 2 is 0.771 bits per heavy atom. The molecule has 4 heteroatoms. The first-order valence-corrected chi connectivity index (χ1v) is 15.8. The van der Waals surface area contributed by atoms with Crippen LogP contribution in [0, 0.1) is 11.3 Å². The Morgan fingerprint density at radius 1 is 0.333 bits per heavy atom. The van der Waals surface area contributed by atoms with Gasteiger partial charge in [0.2, 0.25) is 0 Å². The number of para-hydroxylation sites is 2. The quantitative estimate of drug-likeness (QED) is 0.187. The van der Waals surface area contributed by atoms with Gasteiger partial charge in [0.1, 0.15) is 0 Å². The van der Waals surface area contributed by atoms with E-state index in [0.29, 0.717) is 5.56 Å². The van der Waals surface area contributed by atoms with Gasteiger partial charge in [-0.2, -0.15) is 5.26 Å². The highest BCUT2D eigenvalue weighted by molar-refractivity contribution is 5.87. The predicted octanol–water partition coefficient (Wildman–Crippen LogP) is 10.9. The first kappa shape index (κ1) is 28.8. The highest BCUT2D eigenvalue weighted by Gasteiger charge is 2.15. The Hall–Kier alpha value is -6.70. The molecule has 2 aromatic heterocycles. The summed E-state index contributed by atoms with van der Waals surface area (Å²) in [5.41, 5.74) is 14.1. The third kappa shape index (κ3) is 5.73. The van der Waals surface area contributed by atoms with Gasteiger partial charge in [0, 0.05) is 22.3 Å². The lowest BCUT2D eigenvalue weighted by Gasteiger charge is -2.12. The van der Waals surface area contributed by atoms with Gasteiger partial charge in [-0.3, -0.25) is 0 Å². The van der Waals surface area contributed by atoms with Gasteiger partial charge in [-0.25, -0.2) is 15.0 Å². The molecule has 0 saturated heterocycles. The van der Waals surface area contributed by atoms with E-state index in [1.165, 1.54) is 0 Å². The van der Waals surface area contributed by atoms with Gasteiger partial charge in [0.05, 0.1) is 45.4 Å². The molecule has 0 fully saturated rings. The van der Waals surface area contributed by atoms with E-state index >= 15 is 0 Å². The van der Waals surface area contributed by atoms with Gasteiger partial charge in [0.15, 0.2) is 0 Å². The molecule has 0 amide bonds. The van der Waals surface area contributed by atoms with Gasteiger partial charge in [-0.15, -0.1) is 0 Å². The molecule has 8 aromatic rings. The van der Waals surface area contributed by atoms with E-state index in [9.17, 15) is 5.26 Å². The second kappa shape index (κ2) is 12.6. The van der Waals surface area contributed by atoms with Crippen molar-refractivity contribution in [2.24, 2.45) is 0 Å². The third-order valence-electron chi connectivity index (χ3n) is 8.51. The SMILES string of the molecule is N#Cc1cccc(-c2nc3ccccc3nc2-c2ccc(-c3ccc(-c4cc(-c5ccccc5)nc(-c5ccccc5)c4)cc3)cc2)c1. The van der Waals surface area contributed by atoms with E-state index in [1.54, 1.807) is 6.07 Å². The first-order chi connectivity index (χ1) is 23.7. The minimum atomic E-state index is 0.589. The maximum atomic E-state index is 9.52. The van der Waals surface area contributed by atoms with Crippen molar-refractivity contribution in [3.05, 3.63) is 175 Å². The monoisotopic (exact) mass is 612 g/mol. The van der Waals surface area contributed by atoms with Crippen LogP contribution in [0.15, 0.2) is 170 Å². The number of hydrogen-bond donors (Lipinski definition) is 0. The molecule has 0 spiro atoms. The topological polar surface area (TPSA) is 62.5 Å². The molecular weight excluding hydrogens is 585 g/mol. The fourth-order valence-electron chi connectivity index (χ4n) is 6.03. The largest absolute Gasteiger partial charge is 0.248 e. The Bertz CT molecular complexity index is 2370. The summed E-state index contributed by atoms with van der Waals surface area (Å²) in [6.07, 6.45) is 0. The highest BCUT2D eigenvalue weighted by atomic mass is 14.8. The number of nitrogens with zero attached hydrogens (tertiary/aromatic N) is 4. The Labute approximate surface area is 279 Å². The summed E-state index contributed by atoms with van der Waals surface area (Å²) in [5.74, 6) is 0. The zero-order chi connectivity index (χ0) is 32.3. The normalized spacial score (nSPS) is 10.9. The van der Waals surface area contributed by atoms with Crippen LogP contribution in [0.25, 0.3) is 78.3 Å². The summed E-state index contributed by atoms with van der Waals surface area (Å²) in [6.45, 7) is 0. The van der Waals surface area contributed by atoms with Crippen molar-refractivity contribution in [1.82, 2.24) is 15.0 Å². The van der Waals surface area contributed by atoms with Crippen LogP contribution in [0.4, 0.5) is 0 Å². The van der Waals surface area contributed by atoms with Crippen LogP contribution in [-0.2, 0) is 0 Å². The van der Waals surface area contributed by atoms with Gasteiger partial charge in [0.25, 0.3) is 0 Å². The number of benzene rings is 6. The lowest BCUT2D eigenvalue weighted by Crippen LogP contribution is -1.96. The molecular formula is C44H28N4. The molecule has 6 aromatic carbocycles. The smallest absolute Gasteiger partial charge is 0.0991 e. The van der Waals surface area contributed by atoms with Crippen LogP contribution in [0.5, 0.6) is 0 Å². The summed E-state index contributed by atoms with van der Waals surface area (Å²) in [6, 6.07) is 59.8. The molecule has 0 atom stereocenters. The number of fused-ring (bicyclic) bond motifs is 1. The highest BCUT2D eigenvalue weighted by Crippen LogP contribution is 2.34. The Kier molecular flexibility index (Phi) is 7.54. The molecule has 0 unspecified atom stereocenters. The average molecular weight is 613 g/mol. The van der Waals surface area contributed by atoms with Crippen LogP contribution < -0.4 is 0 Å². The van der Waals surface area contributed by atoms with Crippen molar-refractivity contribution >= 4 is 11.0 Å². The Balaban J connectivity index is 1.14. The minimum Gasteiger partial charge on any atom is -0.248 e. The fourth-order valence-corrected chi connectivity index (χ4v) is 6.03. The van der Waals surface area contributed by atoms with Gasteiger partial charge in [-0.1, -0.05) is 133 Å². The summed E-state index contributed by atoms with van der Waals surface area (Å²) < 4.78 is 0. The molecule has 0 N–H and O–H groups in total. The zero-order valence-corrected chi connectivity index (χ0v) is 26.0. The number of hydrogen-bond acceptors (Lipinski definition) is 4. The maximum absolute atomic E-state index is 9.52. The van der Waals surface area contributed by atoms with E-state index in [4.69, 9.17) is 15.0 Å². The zero-order valence-electron chi connectivity index (χ0n) is 26.0. The minimum absolute atomic E-state index is 0.589. The first-order valence-electron chi connectivity index (χ1n) is 15.8. The number of aromatic nitrogens is 3. The summed E-state index contributed by atoms with van der Waals surface area (Å²) in [5, 5.41) is 9.52. The summed E-state index contributed by atoms with van der Waals surface area (Å²) in [7, 11) is 0. The van der Waals surface area contributed by atoms with Crippen LogP contribution in [0.3, 0.4) is 0 Å². The molecule has 0 bridgehead atoms. The number of rotatable bonds is 6. The lowest BCUT2D eigenvalue weighted by atomic mass is 9.96. The molecule has 224 valence electrons. The Morgan fingerprint density at radius 3 is 1.29 bits per heavy atom. The molecule has 2 heterocycles. The van der Waals surface area contributed by atoms with Crippen molar-refractivity contribution in [3.63, 3.8) is 0 Å². The van der Waals surface area contributed by atoms with Crippen LogP contribution in [0.2, 0.25) is 0 Å². The van der Waals surface area contributed by atoms with Gasteiger partial charge < -0.3 is 0 Å². The van der Waals surface area contributed by atoms with Crippen molar-refractivity contribution < 1.29 is 0 Å². The standard InChI is InChI=1S/C44H28N4/c45-29-30-10-9-15-37(26-30)44-43(47-39-16-7-8-17-40(39)48-44)36-24-22-32(23-25-36)31-18-20-33(21-19-31)38-27-41(34-11-3-1-4-12-34)46-42(28-38)35-13-5-2-6-14-35/h1-28H. The molecule has 0 saturated carbocycles. The van der Waals surface area contributed by atoms with Crippen molar-refractivity contribution in [1.29, 1.82) is 5.26 Å². The van der Waals surface area contributed by atoms with Crippen molar-refractivity contribution in [2.75, 3.05) is 0 Å². The van der Waals surface area contributed by atoms with E-state index in [-0.39, 0.29) is 0 Å². The molecule has 8 rings (SSSR count). The van der Waals surface area contributed by atoms with Gasteiger partial charge in [-0.05, 0) is 58.7 Å². The van der Waals surface area contributed by atoms with Crippen LogP contribution in [0.1, 0.15) is 5.56 Å². The van der Waals surface area contributed by atoms with Crippen molar-refractivity contribution in [2.45, 2.75) is 0 Å². The molecule has 0 aliphatic heterocycles. The van der Waals surface area contributed by atoms with Crippen LogP contribution in [-0.4, -0.2) is 15.0 Å². The molecule has 4 nitrogen and oxygen atoms in total. The number of pyridine rings is 1. The maximum Gasteiger partial charge on any atom is 0.0991 e. The lowest BCUT2D eigenvalue weighted by molar-refractivity contribution is 1.29. The van der Waals surface area contributed by atoms with E-state index < -0.39 is 0 Å². The van der Waals surface area contributed by atoms with E-state index in [1.807, 2.05) is 78.9 Å². The predicted molar refractivity (Wildman–Crippen MR) is 195 cm³/mol. The fraction of sp³-hybridized carbons (Fsp3) is 0. The van der Waals surface area contributed by atoms with E-state index in [2.05, 4.69) is 91.0 Å². The number of nitriles is 1. The third-order valence-corrected chi connectivity index (χ3v) is 8.51. The summed E-state index contributed by atoms with van der Waals surface area (Å²) in [4.78, 5) is 15.0. The molecule has 0 aliphatic rings. The second-order valence-corrected chi connectivity index (χ2v) is 11.6. The average Bonchev–Trinajstić information content (AvgIpc) is 3.18. The van der Waals surface area contributed by atoms with Gasteiger partial charge >= 0.3 is 0 Å². The second-order valence-electron chi connectivity index (χ2n) is 11.6. The van der Waals surface area contributed by atoms with Crippen molar-refractivity contribution in [3.8, 4) is 73.4 Å². The molecule has 0 radical (unpaired) electrons. The van der Waals surface area contributed by atoms with E-state index in [0.717, 1.165) is 78.3 Å². The molecule has 0 aliphatic carbocycles. The molecule has 48 heavy (non-hydrogen) atoms.